The van der Waals surface area contributed by atoms with Gasteiger partial charge in [-0.15, -0.1) is 0 Å². The molecule has 0 radical (unpaired) electrons. The van der Waals surface area contributed by atoms with Crippen LogP contribution in [-0.2, 0) is 10.3 Å². The fraction of sp³-hybridized carbons (Fsp3) is 0.556. The zero-order chi connectivity index (χ0) is 12.1. The first kappa shape index (κ1) is 12.9. The van der Waals surface area contributed by atoms with Crippen molar-refractivity contribution in [1.82, 2.24) is 4.90 Å². The van der Waals surface area contributed by atoms with Gasteiger partial charge in [-0.1, -0.05) is 0 Å². The molecule has 0 saturated carbocycles. The molecule has 0 aromatic heterocycles. The Morgan fingerprint density at radius 1 is 1.69 bits per heavy atom. The van der Waals surface area contributed by atoms with Crippen LogP contribution in [0.5, 0.6) is 0 Å². The Balaban J connectivity index is 2.83. The topological polar surface area (TPSA) is 90.2 Å². The number of hydrogen-bond donors (Lipinski definition) is 2. The Bertz CT molecular complexity index is 430. The van der Waals surface area contributed by atoms with Crippen molar-refractivity contribution in [3.8, 4) is 0 Å². The minimum Gasteiger partial charge on any atom is -0.393 e. The van der Waals surface area contributed by atoms with E-state index in [0.29, 0.717) is 12.3 Å². The molecule has 0 aromatic rings. The van der Waals surface area contributed by atoms with Crippen LogP contribution in [0.1, 0.15) is 6.42 Å². The zero-order valence-corrected chi connectivity index (χ0v) is 9.68. The molecule has 16 heavy (non-hydrogen) atoms. The fourth-order valence-electron chi connectivity index (χ4n) is 1.33. The third kappa shape index (κ3) is 3.44. The molecule has 1 unspecified atom stereocenters. The van der Waals surface area contributed by atoms with Crippen molar-refractivity contribution in [2.75, 3.05) is 20.2 Å². The first-order chi connectivity index (χ1) is 7.54. The van der Waals surface area contributed by atoms with Crippen LogP contribution in [0, 0.1) is 0 Å². The Labute approximate surface area is 95.1 Å². The Hall–Kier alpha value is -1.18. The van der Waals surface area contributed by atoms with Crippen LogP contribution in [0.4, 0.5) is 0 Å². The largest absolute Gasteiger partial charge is 0.393 e. The molecule has 6 nitrogen and oxygen atoms in total. The molecule has 90 valence electrons. The summed E-state index contributed by atoms with van der Waals surface area (Å²) in [6, 6.07) is 0. The van der Waals surface area contributed by atoms with Crippen LogP contribution < -0.4 is 0 Å². The van der Waals surface area contributed by atoms with Crippen molar-refractivity contribution < 1.29 is 18.6 Å². The molecule has 1 atom stereocenters. The summed E-state index contributed by atoms with van der Waals surface area (Å²) in [6.07, 6.45) is 2.03. The van der Waals surface area contributed by atoms with Crippen LogP contribution in [0.2, 0.25) is 0 Å². The molecule has 7 heteroatoms. The fourth-order valence-corrected chi connectivity index (χ4v) is 1.91. The second-order valence-corrected chi connectivity index (χ2v) is 4.48. The number of aliphatic imine (C=N–C) groups is 1. The monoisotopic (exact) mass is 246 g/mol. The minimum absolute atomic E-state index is 0.0481. The molecule has 0 amide bonds. The van der Waals surface area contributed by atoms with E-state index < -0.39 is 23.0 Å². The predicted octanol–water partition coefficient (Wildman–Crippen LogP) is -1.36. The van der Waals surface area contributed by atoms with Gasteiger partial charge in [0.05, 0.1) is 18.0 Å². The summed E-state index contributed by atoms with van der Waals surface area (Å²) >= 11 is 0. The molecule has 1 heterocycles. The van der Waals surface area contributed by atoms with E-state index >= 15 is 0 Å². The van der Waals surface area contributed by atoms with Gasteiger partial charge in [-0.2, -0.15) is 8.42 Å². The van der Waals surface area contributed by atoms with Gasteiger partial charge >= 0.3 is 0 Å². The van der Waals surface area contributed by atoms with Crippen LogP contribution >= 0.6 is 0 Å². The van der Waals surface area contributed by atoms with E-state index in [-0.39, 0.29) is 11.3 Å². The van der Waals surface area contributed by atoms with Crippen LogP contribution in [0.15, 0.2) is 17.4 Å². The molecule has 1 rings (SSSR count). The van der Waals surface area contributed by atoms with Crippen molar-refractivity contribution in [1.29, 1.82) is 0 Å². The average Bonchev–Trinajstić information content (AvgIpc) is 2.24. The van der Waals surface area contributed by atoms with Gasteiger partial charge in [0.25, 0.3) is 0 Å². The lowest BCUT2D eigenvalue weighted by atomic mass is 10.1. The van der Waals surface area contributed by atoms with Crippen molar-refractivity contribution in [2.24, 2.45) is 4.99 Å². The Kier molecular flexibility index (Phi) is 4.66. The number of aliphatic hydroxyl groups excluding tert-OH is 2. The van der Waals surface area contributed by atoms with Gasteiger partial charge in [0, 0.05) is 31.6 Å². The van der Waals surface area contributed by atoms with Crippen molar-refractivity contribution in [3.05, 3.63) is 12.4 Å². The van der Waals surface area contributed by atoms with Crippen LogP contribution in [-0.4, -0.2) is 60.4 Å². The summed E-state index contributed by atoms with van der Waals surface area (Å²) in [5.41, 5.74) is 0.636. The van der Waals surface area contributed by atoms with Crippen molar-refractivity contribution in [3.63, 3.8) is 0 Å². The smallest absolute Gasteiger partial charge is 0.216 e. The third-order valence-electron chi connectivity index (χ3n) is 2.15. The Morgan fingerprint density at radius 3 is 2.88 bits per heavy atom. The lowest BCUT2D eigenvalue weighted by molar-refractivity contribution is 0.145. The molecule has 0 fully saturated rings. The summed E-state index contributed by atoms with van der Waals surface area (Å²) in [5, 5.41) is 18.0. The van der Waals surface area contributed by atoms with Crippen LogP contribution in [0.25, 0.3) is 0 Å². The summed E-state index contributed by atoms with van der Waals surface area (Å²) in [7, 11) is -0.678. The normalized spacial score (nSPS) is 16.9. The molecule has 0 spiro atoms. The van der Waals surface area contributed by atoms with Gasteiger partial charge in [-0.25, -0.2) is 0 Å². The summed E-state index contributed by atoms with van der Waals surface area (Å²) in [6.45, 7) is -0.0996. The van der Waals surface area contributed by atoms with Gasteiger partial charge in [0.1, 0.15) is 6.10 Å². The van der Waals surface area contributed by atoms with Gasteiger partial charge < -0.3 is 15.1 Å². The van der Waals surface area contributed by atoms with E-state index in [9.17, 15) is 13.5 Å². The molecule has 1 aliphatic rings. The lowest BCUT2D eigenvalue weighted by Crippen LogP contribution is -2.31. The van der Waals surface area contributed by atoms with Crippen LogP contribution in [0.3, 0.4) is 0 Å². The van der Waals surface area contributed by atoms with Gasteiger partial charge in [-0.05, 0) is 0 Å². The summed E-state index contributed by atoms with van der Waals surface area (Å²) in [4.78, 5) is 5.74. The van der Waals surface area contributed by atoms with Crippen molar-refractivity contribution >= 4 is 20.9 Å². The number of hydrogen-bond acceptors (Lipinski definition) is 6. The molecule has 2 N–H and O–H groups in total. The van der Waals surface area contributed by atoms with Gasteiger partial charge in [-0.3, -0.25) is 4.99 Å². The van der Waals surface area contributed by atoms with E-state index in [0.717, 1.165) is 0 Å². The second-order valence-electron chi connectivity index (χ2n) is 3.48. The molecule has 0 bridgehead atoms. The van der Waals surface area contributed by atoms with E-state index in [1.54, 1.807) is 12.4 Å². The quantitative estimate of drug-likeness (QED) is 0.598. The average molecular weight is 246 g/mol. The van der Waals surface area contributed by atoms with E-state index in [4.69, 9.17) is 5.11 Å². The highest BCUT2D eigenvalue weighted by Gasteiger charge is 2.17. The first-order valence-electron chi connectivity index (χ1n) is 4.71. The molecule has 0 aromatic carbocycles. The number of nitrogens with zero attached hydrogens (tertiary/aromatic N) is 2. The predicted molar refractivity (Wildman–Crippen MR) is 60.8 cm³/mol. The molecular weight excluding hydrogens is 232 g/mol. The maximum absolute atomic E-state index is 10.9. The summed E-state index contributed by atoms with van der Waals surface area (Å²) < 4.78 is 21.7. The standard InChI is InChI=1S/C9H14N2O4S/c1-11-3-2-10-7(5-11)4-9(16(14)15)8(13)6-12/h2-3,8,12-13H,4-6H2,1H3. The van der Waals surface area contributed by atoms with E-state index in [1.165, 1.54) is 0 Å². The Morgan fingerprint density at radius 2 is 2.38 bits per heavy atom. The highest BCUT2D eigenvalue weighted by molar-refractivity contribution is 7.73. The van der Waals surface area contributed by atoms with Gasteiger partial charge in [0.15, 0.2) is 0 Å². The SMILES string of the molecule is CN1C=CN=C(CC(C(O)CO)=S(=O)=O)C1. The highest BCUT2D eigenvalue weighted by Crippen LogP contribution is 2.03. The third-order valence-corrected chi connectivity index (χ3v) is 2.99. The molecule has 1 aliphatic heterocycles. The molecule has 0 saturated heterocycles. The second kappa shape index (κ2) is 5.78. The number of rotatable bonds is 4. The van der Waals surface area contributed by atoms with E-state index in [1.807, 2.05) is 11.9 Å². The molecular formula is C9H14N2O4S. The zero-order valence-electron chi connectivity index (χ0n) is 8.87. The maximum atomic E-state index is 10.9. The molecule has 0 aliphatic carbocycles. The highest BCUT2D eigenvalue weighted by atomic mass is 32.2. The maximum Gasteiger partial charge on any atom is 0.216 e. The van der Waals surface area contributed by atoms with Crippen molar-refractivity contribution in [2.45, 2.75) is 12.5 Å². The van der Waals surface area contributed by atoms with E-state index in [2.05, 4.69) is 4.99 Å². The first-order valence-corrected chi connectivity index (χ1v) is 5.78. The number of aliphatic hydroxyl groups is 2. The van der Waals surface area contributed by atoms with Gasteiger partial charge in [0.2, 0.25) is 10.3 Å². The lowest BCUT2D eigenvalue weighted by Gasteiger charge is -2.19. The minimum atomic E-state index is -2.51. The summed E-state index contributed by atoms with van der Waals surface area (Å²) in [5.74, 6) is 0.